The van der Waals surface area contributed by atoms with Gasteiger partial charge in [-0.2, -0.15) is 13.2 Å². The largest absolute Gasteiger partial charge is 0.416 e. The Morgan fingerprint density at radius 1 is 1.29 bits per heavy atom. The number of amides is 2. The van der Waals surface area contributed by atoms with E-state index in [9.17, 15) is 22.8 Å². The van der Waals surface area contributed by atoms with Gasteiger partial charge in [0.05, 0.1) is 18.0 Å². The summed E-state index contributed by atoms with van der Waals surface area (Å²) in [5.41, 5.74) is -0.112. The van der Waals surface area contributed by atoms with Crippen LogP contribution < -0.4 is 5.32 Å². The molecule has 1 aromatic rings. The lowest BCUT2D eigenvalue weighted by Crippen LogP contribution is -2.56. The maximum absolute atomic E-state index is 12.6. The number of carbonyl (C=O) groups is 2. The third-order valence-corrected chi connectivity index (χ3v) is 4.93. The van der Waals surface area contributed by atoms with Crippen LogP contribution in [0.25, 0.3) is 0 Å². The second kappa shape index (κ2) is 9.41. The van der Waals surface area contributed by atoms with E-state index in [1.54, 1.807) is 7.05 Å². The summed E-state index contributed by atoms with van der Waals surface area (Å²) in [4.78, 5) is 28.4. The number of nitrogens with zero attached hydrogens (tertiary/aromatic N) is 2. The Kier molecular flexibility index (Phi) is 7.46. The average molecular weight is 399 g/mol. The molecule has 5 nitrogen and oxygen atoms in total. The van der Waals surface area contributed by atoms with Crippen molar-refractivity contribution in [2.45, 2.75) is 45.5 Å². The van der Waals surface area contributed by atoms with E-state index in [4.69, 9.17) is 0 Å². The highest BCUT2D eigenvalue weighted by molar-refractivity contribution is 5.88. The van der Waals surface area contributed by atoms with Crippen LogP contribution in [0, 0.1) is 5.92 Å². The van der Waals surface area contributed by atoms with E-state index < -0.39 is 17.8 Å². The average Bonchev–Trinajstić information content (AvgIpc) is 2.61. The first-order chi connectivity index (χ1) is 13.1. The smallest absolute Gasteiger partial charge is 0.353 e. The summed E-state index contributed by atoms with van der Waals surface area (Å²) in [6, 6.07) is 4.25. The summed E-state index contributed by atoms with van der Waals surface area (Å²) >= 11 is 0. The molecule has 0 unspecified atom stereocenters. The first kappa shape index (κ1) is 22.2. The lowest BCUT2D eigenvalue weighted by atomic mass is 10.0. The minimum Gasteiger partial charge on any atom is -0.353 e. The van der Waals surface area contributed by atoms with Gasteiger partial charge in [0.2, 0.25) is 11.8 Å². The van der Waals surface area contributed by atoms with Crippen molar-refractivity contribution in [3.05, 3.63) is 35.4 Å². The third kappa shape index (κ3) is 6.22. The molecule has 1 heterocycles. The van der Waals surface area contributed by atoms with E-state index in [1.165, 1.54) is 17.0 Å². The van der Waals surface area contributed by atoms with E-state index in [0.717, 1.165) is 25.1 Å². The predicted octanol–water partition coefficient (Wildman–Crippen LogP) is 2.90. The summed E-state index contributed by atoms with van der Waals surface area (Å²) in [6.07, 6.45) is -3.38. The van der Waals surface area contributed by atoms with Gasteiger partial charge >= 0.3 is 6.18 Å². The number of hydrogen-bond acceptors (Lipinski definition) is 3. The van der Waals surface area contributed by atoms with Gasteiger partial charge in [0.25, 0.3) is 0 Å². The van der Waals surface area contributed by atoms with Crippen LogP contribution in [-0.4, -0.2) is 54.3 Å². The standard InChI is InChI=1S/C20H28F3N3O2/c1-14(2)8-10-26-11-9-24-19(28)17(26)12-18(27)25(3)13-15-4-6-16(7-5-15)20(21,22)23/h4-7,14,17H,8-13H2,1-3H3,(H,24,28)/t17-/m1/s1. The van der Waals surface area contributed by atoms with Crippen molar-refractivity contribution in [3.8, 4) is 0 Å². The van der Waals surface area contributed by atoms with Gasteiger partial charge in [-0.25, -0.2) is 0 Å². The Balaban J connectivity index is 1.96. The Hall–Kier alpha value is -2.09. The van der Waals surface area contributed by atoms with Gasteiger partial charge in [-0.05, 0) is 36.6 Å². The van der Waals surface area contributed by atoms with Gasteiger partial charge in [-0.3, -0.25) is 14.5 Å². The Morgan fingerprint density at radius 3 is 2.50 bits per heavy atom. The Bertz CT molecular complexity index is 674. The fraction of sp³-hybridized carbons (Fsp3) is 0.600. The Labute approximate surface area is 163 Å². The number of alkyl halides is 3. The topological polar surface area (TPSA) is 52.7 Å². The fourth-order valence-corrected chi connectivity index (χ4v) is 3.16. The molecule has 1 aliphatic heterocycles. The molecule has 2 amide bonds. The first-order valence-electron chi connectivity index (χ1n) is 9.49. The molecule has 0 aromatic heterocycles. The van der Waals surface area contributed by atoms with Crippen molar-refractivity contribution < 1.29 is 22.8 Å². The molecule has 1 atom stereocenters. The molecule has 1 fully saturated rings. The molecule has 1 saturated heterocycles. The minimum atomic E-state index is -4.38. The number of rotatable bonds is 7. The monoisotopic (exact) mass is 399 g/mol. The van der Waals surface area contributed by atoms with Crippen LogP contribution in [0.2, 0.25) is 0 Å². The summed E-state index contributed by atoms with van der Waals surface area (Å²) in [7, 11) is 1.60. The summed E-state index contributed by atoms with van der Waals surface area (Å²) in [6.45, 7) is 6.45. The normalized spacial score (nSPS) is 18.2. The van der Waals surface area contributed by atoms with Crippen molar-refractivity contribution in [1.29, 1.82) is 0 Å². The highest BCUT2D eigenvalue weighted by Crippen LogP contribution is 2.29. The summed E-state index contributed by atoms with van der Waals surface area (Å²) in [5, 5.41) is 2.81. The number of nitrogens with one attached hydrogen (secondary N) is 1. The van der Waals surface area contributed by atoms with Crippen LogP contribution in [0.5, 0.6) is 0 Å². The van der Waals surface area contributed by atoms with Crippen LogP contribution in [0.15, 0.2) is 24.3 Å². The highest BCUT2D eigenvalue weighted by atomic mass is 19.4. The quantitative estimate of drug-likeness (QED) is 0.767. The van der Waals surface area contributed by atoms with Crippen molar-refractivity contribution in [1.82, 2.24) is 15.1 Å². The number of hydrogen-bond donors (Lipinski definition) is 1. The lowest BCUT2D eigenvalue weighted by Gasteiger charge is -2.35. The van der Waals surface area contributed by atoms with Gasteiger partial charge in [0.1, 0.15) is 0 Å². The van der Waals surface area contributed by atoms with E-state index in [2.05, 4.69) is 19.2 Å². The molecule has 0 bridgehead atoms. The number of halogens is 3. The zero-order chi connectivity index (χ0) is 20.9. The molecular formula is C20H28F3N3O2. The molecule has 8 heteroatoms. The van der Waals surface area contributed by atoms with E-state index in [0.29, 0.717) is 24.6 Å². The molecule has 1 aromatic carbocycles. The third-order valence-electron chi connectivity index (χ3n) is 4.93. The van der Waals surface area contributed by atoms with Crippen molar-refractivity contribution in [2.75, 3.05) is 26.7 Å². The molecule has 1 N–H and O–H groups in total. The minimum absolute atomic E-state index is 0.0566. The van der Waals surface area contributed by atoms with Gasteiger partial charge < -0.3 is 10.2 Å². The summed E-state index contributed by atoms with van der Waals surface area (Å²) in [5.74, 6) is 0.145. The molecule has 156 valence electrons. The van der Waals surface area contributed by atoms with Crippen molar-refractivity contribution >= 4 is 11.8 Å². The molecular weight excluding hydrogens is 371 g/mol. The fourth-order valence-electron chi connectivity index (χ4n) is 3.16. The van der Waals surface area contributed by atoms with Gasteiger partial charge in [0.15, 0.2) is 0 Å². The zero-order valence-corrected chi connectivity index (χ0v) is 16.6. The highest BCUT2D eigenvalue weighted by Gasteiger charge is 2.32. The number of benzene rings is 1. The first-order valence-corrected chi connectivity index (χ1v) is 9.49. The van der Waals surface area contributed by atoms with Gasteiger partial charge in [-0.15, -0.1) is 0 Å². The molecule has 0 spiro atoms. The van der Waals surface area contributed by atoms with Crippen LogP contribution in [0.3, 0.4) is 0 Å². The van der Waals surface area contributed by atoms with Gasteiger partial charge in [0, 0.05) is 26.7 Å². The van der Waals surface area contributed by atoms with Crippen LogP contribution in [0.4, 0.5) is 13.2 Å². The van der Waals surface area contributed by atoms with E-state index in [-0.39, 0.29) is 24.8 Å². The van der Waals surface area contributed by atoms with E-state index >= 15 is 0 Å². The SMILES string of the molecule is CC(C)CCN1CCNC(=O)[C@H]1CC(=O)N(C)Cc1ccc(C(F)(F)F)cc1. The van der Waals surface area contributed by atoms with Crippen molar-refractivity contribution in [3.63, 3.8) is 0 Å². The molecule has 0 aliphatic carbocycles. The number of carbonyl (C=O) groups excluding carboxylic acids is 2. The van der Waals surface area contributed by atoms with Gasteiger partial charge in [-0.1, -0.05) is 26.0 Å². The maximum Gasteiger partial charge on any atom is 0.416 e. The number of piperazine rings is 1. The molecule has 1 aliphatic rings. The molecule has 0 saturated carbocycles. The maximum atomic E-state index is 12.6. The van der Waals surface area contributed by atoms with Crippen molar-refractivity contribution in [2.24, 2.45) is 5.92 Å². The van der Waals surface area contributed by atoms with Crippen LogP contribution in [-0.2, 0) is 22.3 Å². The predicted molar refractivity (Wildman–Crippen MR) is 100 cm³/mol. The summed E-state index contributed by atoms with van der Waals surface area (Å²) < 4.78 is 37.9. The zero-order valence-electron chi connectivity index (χ0n) is 16.6. The van der Waals surface area contributed by atoms with E-state index in [1.807, 2.05) is 4.90 Å². The second-order valence-electron chi connectivity index (χ2n) is 7.67. The molecule has 2 rings (SSSR count). The molecule has 0 radical (unpaired) electrons. The van der Waals surface area contributed by atoms with Crippen LogP contribution in [0.1, 0.15) is 37.8 Å². The second-order valence-corrected chi connectivity index (χ2v) is 7.67. The van der Waals surface area contributed by atoms with Crippen LogP contribution >= 0.6 is 0 Å². The lowest BCUT2D eigenvalue weighted by molar-refractivity contribution is -0.138. The Morgan fingerprint density at radius 2 is 1.93 bits per heavy atom. The molecule has 28 heavy (non-hydrogen) atoms.